The van der Waals surface area contributed by atoms with Gasteiger partial charge in [0, 0.05) is 44.3 Å². The van der Waals surface area contributed by atoms with E-state index in [0.717, 1.165) is 6.54 Å². The molecule has 1 N–H and O–H groups in total. The van der Waals surface area contributed by atoms with Crippen LogP contribution in [0.4, 0.5) is 5.69 Å². The van der Waals surface area contributed by atoms with Gasteiger partial charge < -0.3 is 15.0 Å². The first kappa shape index (κ1) is 15.2. The van der Waals surface area contributed by atoms with Gasteiger partial charge in [-0.2, -0.15) is 0 Å². The van der Waals surface area contributed by atoms with Crippen molar-refractivity contribution in [1.82, 2.24) is 10.2 Å². The Bertz CT molecular complexity index is 547. The summed E-state index contributed by atoms with van der Waals surface area (Å²) >= 11 is 0. The van der Waals surface area contributed by atoms with Gasteiger partial charge >= 0.3 is 0 Å². The molecule has 21 heavy (non-hydrogen) atoms. The first-order valence-electron chi connectivity index (χ1n) is 6.92. The number of amides is 1. The van der Waals surface area contributed by atoms with Crippen LogP contribution in [-0.4, -0.2) is 42.0 Å². The molecule has 0 aliphatic carbocycles. The topological polar surface area (TPSA) is 84.7 Å². The molecule has 1 fully saturated rings. The number of nitro groups is 1. The van der Waals surface area contributed by atoms with Gasteiger partial charge in [0.15, 0.2) is 6.10 Å². The molecule has 1 heterocycles. The number of benzene rings is 1. The summed E-state index contributed by atoms with van der Waals surface area (Å²) in [6.45, 7) is 3.82. The number of carbonyl (C=O) groups is 1. The number of likely N-dealkylation sites (tertiary alicyclic amines) is 1. The van der Waals surface area contributed by atoms with Gasteiger partial charge in [-0.05, 0) is 12.6 Å². The zero-order valence-electron chi connectivity index (χ0n) is 12.2. The second-order valence-electron chi connectivity index (χ2n) is 4.98. The predicted molar refractivity (Wildman–Crippen MR) is 77.1 cm³/mol. The molecule has 7 heteroatoms. The molecule has 1 unspecified atom stereocenters. The van der Waals surface area contributed by atoms with Crippen LogP contribution in [0.3, 0.4) is 0 Å². The Morgan fingerprint density at radius 1 is 1.52 bits per heavy atom. The molecule has 1 saturated heterocycles. The van der Waals surface area contributed by atoms with Gasteiger partial charge in [-0.15, -0.1) is 0 Å². The van der Waals surface area contributed by atoms with E-state index in [1.165, 1.54) is 12.1 Å². The van der Waals surface area contributed by atoms with Crippen LogP contribution < -0.4 is 10.1 Å². The van der Waals surface area contributed by atoms with Gasteiger partial charge in [0.2, 0.25) is 0 Å². The molecule has 0 bridgehead atoms. The van der Waals surface area contributed by atoms with Crippen LogP contribution in [0, 0.1) is 10.1 Å². The van der Waals surface area contributed by atoms with E-state index in [2.05, 4.69) is 5.32 Å². The normalized spacial score (nSPS) is 18.1. The number of hydrogen-bond acceptors (Lipinski definition) is 5. The number of nitrogens with one attached hydrogen (secondary N) is 1. The van der Waals surface area contributed by atoms with Crippen molar-refractivity contribution in [3.05, 3.63) is 33.9 Å². The lowest BCUT2D eigenvalue weighted by atomic mass is 10.1. The van der Waals surface area contributed by atoms with Crippen LogP contribution >= 0.6 is 0 Å². The molecule has 1 atom stereocenters. The standard InChI is InChI=1S/C14H19N3O4/c1-3-15-9-10-8-11(17(19)20)4-5-12(10)21-13-6-7-16(2)14(13)18/h4-5,8,13,15H,3,6-7,9H2,1-2H3. The molecule has 1 aliphatic rings. The lowest BCUT2D eigenvalue weighted by molar-refractivity contribution is -0.384. The minimum atomic E-state index is -0.503. The number of likely N-dealkylation sites (N-methyl/N-ethyl adjacent to an activating group) is 1. The molecule has 114 valence electrons. The van der Waals surface area contributed by atoms with Crippen LogP contribution in [-0.2, 0) is 11.3 Å². The average molecular weight is 293 g/mol. The van der Waals surface area contributed by atoms with Crippen LogP contribution in [0.5, 0.6) is 5.75 Å². The van der Waals surface area contributed by atoms with Crippen molar-refractivity contribution in [1.29, 1.82) is 0 Å². The number of non-ortho nitro benzene ring substituents is 1. The van der Waals surface area contributed by atoms with Crippen molar-refractivity contribution in [2.75, 3.05) is 20.1 Å². The second kappa shape index (κ2) is 6.53. The highest BCUT2D eigenvalue weighted by atomic mass is 16.6. The highest BCUT2D eigenvalue weighted by Crippen LogP contribution is 2.27. The van der Waals surface area contributed by atoms with Crippen molar-refractivity contribution in [2.45, 2.75) is 26.0 Å². The second-order valence-corrected chi connectivity index (χ2v) is 4.98. The SMILES string of the molecule is CCNCc1cc([N+](=O)[O-])ccc1OC1CCN(C)C1=O. The summed E-state index contributed by atoms with van der Waals surface area (Å²) in [7, 11) is 1.74. The zero-order valence-corrected chi connectivity index (χ0v) is 12.2. The van der Waals surface area contributed by atoms with Gasteiger partial charge in [-0.1, -0.05) is 6.92 Å². The Morgan fingerprint density at radius 3 is 2.86 bits per heavy atom. The van der Waals surface area contributed by atoms with E-state index in [9.17, 15) is 14.9 Å². The summed E-state index contributed by atoms with van der Waals surface area (Å²) in [4.78, 5) is 23.9. The van der Waals surface area contributed by atoms with E-state index in [0.29, 0.717) is 30.8 Å². The van der Waals surface area contributed by atoms with Crippen LogP contribution in [0.25, 0.3) is 0 Å². The van der Waals surface area contributed by atoms with E-state index in [-0.39, 0.29) is 11.6 Å². The maximum atomic E-state index is 11.9. The lowest BCUT2D eigenvalue weighted by Gasteiger charge is -2.16. The summed E-state index contributed by atoms with van der Waals surface area (Å²) in [5.74, 6) is 0.470. The Balaban J connectivity index is 2.21. The summed E-state index contributed by atoms with van der Waals surface area (Å²) in [6.07, 6.45) is 0.129. The van der Waals surface area contributed by atoms with E-state index >= 15 is 0 Å². The molecule has 7 nitrogen and oxygen atoms in total. The fraction of sp³-hybridized carbons (Fsp3) is 0.500. The van der Waals surface area contributed by atoms with Crippen molar-refractivity contribution in [2.24, 2.45) is 0 Å². The summed E-state index contributed by atoms with van der Waals surface area (Å²) in [5.41, 5.74) is 0.707. The van der Waals surface area contributed by atoms with E-state index in [4.69, 9.17) is 4.74 Å². The highest BCUT2D eigenvalue weighted by molar-refractivity contribution is 5.83. The van der Waals surface area contributed by atoms with Crippen molar-refractivity contribution >= 4 is 11.6 Å². The lowest BCUT2D eigenvalue weighted by Crippen LogP contribution is -2.29. The van der Waals surface area contributed by atoms with Gasteiger partial charge in [-0.25, -0.2) is 0 Å². The van der Waals surface area contributed by atoms with E-state index in [1.54, 1.807) is 18.0 Å². The molecule has 1 aromatic rings. The third-order valence-electron chi connectivity index (χ3n) is 3.47. The predicted octanol–water partition coefficient (Wildman–Crippen LogP) is 1.31. The fourth-order valence-electron chi connectivity index (χ4n) is 2.25. The molecular formula is C14H19N3O4. The first-order valence-corrected chi connectivity index (χ1v) is 6.92. The van der Waals surface area contributed by atoms with E-state index < -0.39 is 11.0 Å². The zero-order chi connectivity index (χ0) is 15.4. The van der Waals surface area contributed by atoms with E-state index in [1.807, 2.05) is 6.92 Å². The van der Waals surface area contributed by atoms with Gasteiger partial charge in [-0.3, -0.25) is 14.9 Å². The molecule has 0 spiro atoms. The Labute approximate surface area is 123 Å². The third kappa shape index (κ3) is 3.49. The maximum Gasteiger partial charge on any atom is 0.270 e. The van der Waals surface area contributed by atoms with Crippen molar-refractivity contribution in [3.63, 3.8) is 0 Å². The molecule has 0 saturated carbocycles. The minimum absolute atomic E-state index is 0.0186. The monoisotopic (exact) mass is 293 g/mol. The summed E-state index contributed by atoms with van der Waals surface area (Å²) in [5, 5.41) is 14.0. The number of carbonyl (C=O) groups excluding carboxylic acids is 1. The number of nitrogens with zero attached hydrogens (tertiary/aromatic N) is 2. The van der Waals surface area contributed by atoms with Crippen molar-refractivity contribution < 1.29 is 14.5 Å². The molecule has 2 rings (SSSR count). The molecular weight excluding hydrogens is 274 g/mol. The number of hydrogen-bond donors (Lipinski definition) is 1. The van der Waals surface area contributed by atoms with Crippen LogP contribution in [0.2, 0.25) is 0 Å². The Morgan fingerprint density at radius 2 is 2.29 bits per heavy atom. The molecule has 1 amide bonds. The first-order chi connectivity index (χ1) is 10.0. The molecule has 0 aromatic heterocycles. The summed E-state index contributed by atoms with van der Waals surface area (Å²) in [6, 6.07) is 4.45. The van der Waals surface area contributed by atoms with Gasteiger partial charge in [0.1, 0.15) is 5.75 Å². The molecule has 1 aliphatic heterocycles. The van der Waals surface area contributed by atoms with Gasteiger partial charge in [0.25, 0.3) is 11.6 Å². The van der Waals surface area contributed by atoms with Crippen LogP contribution in [0.1, 0.15) is 18.9 Å². The van der Waals surface area contributed by atoms with Gasteiger partial charge in [0.05, 0.1) is 4.92 Å². The maximum absolute atomic E-state index is 11.9. The Hall–Kier alpha value is -2.15. The van der Waals surface area contributed by atoms with Crippen LogP contribution in [0.15, 0.2) is 18.2 Å². The minimum Gasteiger partial charge on any atom is -0.480 e. The molecule has 0 radical (unpaired) electrons. The third-order valence-corrected chi connectivity index (χ3v) is 3.47. The quantitative estimate of drug-likeness (QED) is 0.631. The molecule has 1 aromatic carbocycles. The number of rotatable bonds is 6. The van der Waals surface area contributed by atoms with Crippen molar-refractivity contribution in [3.8, 4) is 5.75 Å². The largest absolute Gasteiger partial charge is 0.480 e. The number of nitro benzene ring substituents is 1. The summed E-state index contributed by atoms with van der Waals surface area (Å²) < 4.78 is 5.77. The number of ether oxygens (including phenoxy) is 1. The smallest absolute Gasteiger partial charge is 0.270 e. The average Bonchev–Trinajstić information content (AvgIpc) is 2.78. The fourth-order valence-corrected chi connectivity index (χ4v) is 2.25. The Kier molecular flexibility index (Phi) is 4.74. The highest BCUT2D eigenvalue weighted by Gasteiger charge is 2.31.